The molecule has 1 atom stereocenters. The summed E-state index contributed by atoms with van der Waals surface area (Å²) < 4.78 is 1.44. The highest BCUT2D eigenvalue weighted by Gasteiger charge is 2.29. The van der Waals surface area contributed by atoms with Gasteiger partial charge in [0.05, 0.1) is 6.54 Å². The number of hydrogen-bond acceptors (Lipinski definition) is 5. The zero-order valence-electron chi connectivity index (χ0n) is 13.7. The maximum Gasteiger partial charge on any atom is 0.250 e. The summed E-state index contributed by atoms with van der Waals surface area (Å²) in [7, 11) is 2.02. The highest BCUT2D eigenvalue weighted by atomic mass is 16.2. The normalized spacial score (nSPS) is 17.4. The van der Waals surface area contributed by atoms with E-state index in [2.05, 4.69) is 14.9 Å². The van der Waals surface area contributed by atoms with Gasteiger partial charge < -0.3 is 9.47 Å². The first-order valence-electron chi connectivity index (χ1n) is 8.03. The molecule has 0 radical (unpaired) electrons. The SMILES string of the molecule is CN(Cc1ncccn1)[C@@H]1CCN(C(=O)Cn2ccccc2=O)C1. The highest BCUT2D eigenvalue weighted by molar-refractivity contribution is 5.76. The number of rotatable bonds is 5. The molecule has 0 bridgehead atoms. The van der Waals surface area contributed by atoms with Gasteiger partial charge in [-0.3, -0.25) is 14.5 Å². The number of amides is 1. The van der Waals surface area contributed by atoms with E-state index in [-0.39, 0.29) is 24.1 Å². The van der Waals surface area contributed by atoms with Crippen molar-refractivity contribution in [3.8, 4) is 0 Å². The molecule has 1 saturated heterocycles. The lowest BCUT2D eigenvalue weighted by atomic mass is 10.2. The first-order valence-corrected chi connectivity index (χ1v) is 8.03. The van der Waals surface area contributed by atoms with Gasteiger partial charge >= 0.3 is 0 Å². The van der Waals surface area contributed by atoms with E-state index in [0.29, 0.717) is 19.6 Å². The quantitative estimate of drug-likeness (QED) is 0.793. The standard InChI is InChI=1S/C17H21N5O2/c1-20(12-15-18-7-4-8-19-15)14-6-10-22(11-14)17(24)13-21-9-3-2-5-16(21)23/h2-5,7-9,14H,6,10-13H2,1H3/t14-/m1/s1. The third kappa shape index (κ3) is 3.86. The molecule has 2 aromatic rings. The number of nitrogens with zero attached hydrogens (tertiary/aromatic N) is 5. The second kappa shape index (κ2) is 7.35. The Bertz CT molecular complexity index is 746. The van der Waals surface area contributed by atoms with E-state index in [1.54, 1.807) is 36.8 Å². The lowest BCUT2D eigenvalue weighted by molar-refractivity contribution is -0.131. The Morgan fingerprint density at radius 2 is 2.08 bits per heavy atom. The minimum atomic E-state index is -0.153. The summed E-state index contributed by atoms with van der Waals surface area (Å²) in [4.78, 5) is 36.6. The molecule has 0 N–H and O–H groups in total. The molecule has 2 aromatic heterocycles. The van der Waals surface area contributed by atoms with Gasteiger partial charge in [-0.25, -0.2) is 9.97 Å². The van der Waals surface area contributed by atoms with Gasteiger partial charge in [0.1, 0.15) is 12.4 Å². The summed E-state index contributed by atoms with van der Waals surface area (Å²) in [6, 6.07) is 6.98. The van der Waals surface area contributed by atoms with Crippen molar-refractivity contribution in [3.63, 3.8) is 0 Å². The van der Waals surface area contributed by atoms with E-state index in [4.69, 9.17) is 0 Å². The van der Waals surface area contributed by atoms with Gasteiger partial charge in [0, 0.05) is 43.8 Å². The van der Waals surface area contributed by atoms with E-state index in [1.807, 2.05) is 11.9 Å². The average molecular weight is 327 g/mol. The molecule has 126 valence electrons. The lowest BCUT2D eigenvalue weighted by Crippen LogP contribution is -2.38. The van der Waals surface area contributed by atoms with Gasteiger partial charge in [0.25, 0.3) is 5.56 Å². The first kappa shape index (κ1) is 16.3. The molecule has 0 unspecified atom stereocenters. The zero-order valence-corrected chi connectivity index (χ0v) is 13.7. The van der Waals surface area contributed by atoms with Crippen LogP contribution in [0.15, 0.2) is 47.7 Å². The summed E-state index contributed by atoms with van der Waals surface area (Å²) in [5, 5.41) is 0. The number of likely N-dealkylation sites (tertiary alicyclic amines) is 1. The van der Waals surface area contributed by atoms with Gasteiger partial charge in [-0.05, 0) is 25.6 Å². The Morgan fingerprint density at radius 1 is 1.29 bits per heavy atom. The van der Waals surface area contributed by atoms with Crippen LogP contribution in [0.4, 0.5) is 0 Å². The fraction of sp³-hybridized carbons (Fsp3) is 0.412. The topological polar surface area (TPSA) is 71.3 Å². The zero-order chi connectivity index (χ0) is 16.9. The fourth-order valence-electron chi connectivity index (χ4n) is 2.93. The minimum Gasteiger partial charge on any atom is -0.340 e. The Balaban J connectivity index is 1.56. The molecule has 24 heavy (non-hydrogen) atoms. The van der Waals surface area contributed by atoms with Crippen LogP contribution in [0.1, 0.15) is 12.2 Å². The monoisotopic (exact) mass is 327 g/mol. The number of hydrogen-bond donors (Lipinski definition) is 0. The summed E-state index contributed by atoms with van der Waals surface area (Å²) >= 11 is 0. The van der Waals surface area contributed by atoms with Crippen LogP contribution >= 0.6 is 0 Å². The summed E-state index contributed by atoms with van der Waals surface area (Å²) in [5.74, 6) is 0.760. The first-order chi connectivity index (χ1) is 11.6. The summed E-state index contributed by atoms with van der Waals surface area (Å²) in [6.07, 6.45) is 6.03. The van der Waals surface area contributed by atoms with Crippen LogP contribution in [-0.4, -0.2) is 56.4 Å². The van der Waals surface area contributed by atoms with Gasteiger partial charge in [-0.1, -0.05) is 6.07 Å². The molecule has 3 rings (SSSR count). The van der Waals surface area contributed by atoms with Crippen molar-refractivity contribution in [2.75, 3.05) is 20.1 Å². The second-order valence-electron chi connectivity index (χ2n) is 6.03. The molecule has 7 heteroatoms. The van der Waals surface area contributed by atoms with Gasteiger partial charge in [0.2, 0.25) is 5.91 Å². The van der Waals surface area contributed by atoms with Crippen LogP contribution < -0.4 is 5.56 Å². The predicted molar refractivity (Wildman–Crippen MR) is 89.2 cm³/mol. The van der Waals surface area contributed by atoms with E-state index in [1.165, 1.54) is 10.6 Å². The third-order valence-electron chi connectivity index (χ3n) is 4.35. The third-order valence-corrected chi connectivity index (χ3v) is 4.35. The molecule has 0 aliphatic carbocycles. The highest BCUT2D eigenvalue weighted by Crippen LogP contribution is 2.16. The number of pyridine rings is 1. The van der Waals surface area contributed by atoms with Crippen molar-refractivity contribution in [2.45, 2.75) is 25.6 Å². The van der Waals surface area contributed by atoms with Crippen molar-refractivity contribution < 1.29 is 4.79 Å². The van der Waals surface area contributed by atoms with Crippen molar-refractivity contribution >= 4 is 5.91 Å². The van der Waals surface area contributed by atoms with Crippen LogP contribution in [0.5, 0.6) is 0 Å². The Labute approximate surface area is 140 Å². The molecule has 1 aliphatic heterocycles. The van der Waals surface area contributed by atoms with Crippen LogP contribution in [0, 0.1) is 0 Å². The van der Waals surface area contributed by atoms with Crippen molar-refractivity contribution in [1.82, 2.24) is 24.3 Å². The maximum atomic E-state index is 12.4. The smallest absolute Gasteiger partial charge is 0.250 e. The lowest BCUT2D eigenvalue weighted by Gasteiger charge is -2.24. The van der Waals surface area contributed by atoms with Crippen molar-refractivity contribution in [1.29, 1.82) is 0 Å². The van der Waals surface area contributed by atoms with Crippen molar-refractivity contribution in [3.05, 3.63) is 59.0 Å². The Morgan fingerprint density at radius 3 is 2.83 bits per heavy atom. The predicted octanol–water partition coefficient (Wildman–Crippen LogP) is 0.371. The molecule has 1 amide bonds. The molecular weight excluding hydrogens is 306 g/mol. The van der Waals surface area contributed by atoms with Gasteiger partial charge in [-0.2, -0.15) is 0 Å². The van der Waals surface area contributed by atoms with Gasteiger partial charge in [-0.15, -0.1) is 0 Å². The molecule has 0 saturated carbocycles. The van der Waals surface area contributed by atoms with Gasteiger partial charge in [0.15, 0.2) is 0 Å². The average Bonchev–Trinajstić information content (AvgIpc) is 3.08. The van der Waals surface area contributed by atoms with Crippen LogP contribution in [0.3, 0.4) is 0 Å². The van der Waals surface area contributed by atoms with E-state index in [9.17, 15) is 9.59 Å². The molecular formula is C17H21N5O2. The fourth-order valence-corrected chi connectivity index (χ4v) is 2.93. The molecule has 1 fully saturated rings. The maximum absolute atomic E-state index is 12.4. The molecule has 7 nitrogen and oxygen atoms in total. The number of aromatic nitrogens is 3. The number of likely N-dealkylation sites (N-methyl/N-ethyl adjacent to an activating group) is 1. The molecule has 1 aliphatic rings. The summed E-state index contributed by atoms with van der Waals surface area (Å²) in [6.45, 7) is 2.14. The van der Waals surface area contributed by atoms with Crippen LogP contribution in [0.25, 0.3) is 0 Å². The Kier molecular flexibility index (Phi) is 5.00. The van der Waals surface area contributed by atoms with E-state index in [0.717, 1.165) is 12.2 Å². The van der Waals surface area contributed by atoms with Crippen molar-refractivity contribution in [2.24, 2.45) is 0 Å². The molecule has 0 aromatic carbocycles. The largest absolute Gasteiger partial charge is 0.340 e. The number of carbonyl (C=O) groups excluding carboxylic acids is 1. The van der Waals surface area contributed by atoms with E-state index >= 15 is 0 Å². The number of carbonyl (C=O) groups is 1. The Hall–Kier alpha value is -2.54. The van der Waals surface area contributed by atoms with E-state index < -0.39 is 0 Å². The minimum absolute atomic E-state index is 0.0184. The van der Waals surface area contributed by atoms with Crippen LogP contribution in [0.2, 0.25) is 0 Å². The second-order valence-corrected chi connectivity index (χ2v) is 6.03. The molecule has 0 spiro atoms. The molecule has 3 heterocycles. The summed E-state index contributed by atoms with van der Waals surface area (Å²) in [5.41, 5.74) is -0.153. The van der Waals surface area contributed by atoms with Crippen LogP contribution in [-0.2, 0) is 17.9 Å².